The van der Waals surface area contributed by atoms with Gasteiger partial charge in [0.25, 0.3) is 0 Å². The van der Waals surface area contributed by atoms with Gasteiger partial charge in [-0.05, 0) is 88.7 Å². The third kappa shape index (κ3) is 3.19. The van der Waals surface area contributed by atoms with Crippen LogP contribution in [0.2, 0.25) is 0 Å². The Balaban J connectivity index is 1.98. The fourth-order valence-electron chi connectivity index (χ4n) is 2.76. The van der Waals surface area contributed by atoms with Crippen LogP contribution in [-0.2, 0) is 11.2 Å². The monoisotopic (exact) mass is 410 g/mol. The van der Waals surface area contributed by atoms with E-state index >= 15 is 0 Å². The normalized spacial score (nSPS) is 20.9. The van der Waals surface area contributed by atoms with Crippen LogP contribution >= 0.6 is 34.4 Å². The Morgan fingerprint density at radius 3 is 2.62 bits per heavy atom. The first kappa shape index (κ1) is 15.1. The Kier molecular flexibility index (Phi) is 4.41. The molecule has 1 heterocycles. The highest BCUT2D eigenvalue weighted by atomic mass is 127. The Hall–Kier alpha value is -0.810. The van der Waals surface area contributed by atoms with Gasteiger partial charge in [0.2, 0.25) is 0 Å². The summed E-state index contributed by atoms with van der Waals surface area (Å²) in [4.78, 5) is 0. The molecule has 21 heavy (non-hydrogen) atoms. The summed E-state index contributed by atoms with van der Waals surface area (Å²) in [5, 5.41) is 2.17. The van der Waals surface area contributed by atoms with Gasteiger partial charge in [-0.1, -0.05) is 24.3 Å². The van der Waals surface area contributed by atoms with E-state index in [9.17, 15) is 4.39 Å². The van der Waals surface area contributed by atoms with Crippen LogP contribution in [0.3, 0.4) is 0 Å². The van der Waals surface area contributed by atoms with Crippen LogP contribution in [0, 0.1) is 16.3 Å². The van der Waals surface area contributed by atoms with Crippen LogP contribution in [0.5, 0.6) is 0 Å². The van der Waals surface area contributed by atoms with E-state index in [0.717, 1.165) is 12.8 Å². The van der Waals surface area contributed by atoms with Crippen molar-refractivity contribution < 1.29 is 4.39 Å². The van der Waals surface area contributed by atoms with Crippen molar-refractivity contribution in [2.75, 3.05) is 0 Å². The van der Waals surface area contributed by atoms with E-state index in [1.807, 2.05) is 23.9 Å². The van der Waals surface area contributed by atoms with E-state index in [1.165, 1.54) is 20.3 Å². The molecule has 0 aliphatic carbocycles. The predicted molar refractivity (Wildman–Crippen MR) is 97.0 cm³/mol. The molecule has 1 atom stereocenters. The molecule has 0 saturated carbocycles. The zero-order chi connectivity index (χ0) is 14.9. The number of thioether (sulfide) groups is 1. The minimum Gasteiger partial charge on any atom is -0.207 e. The van der Waals surface area contributed by atoms with E-state index in [2.05, 4.69) is 59.2 Å². The topological polar surface area (TPSA) is 0 Å². The second-order valence-corrected chi connectivity index (χ2v) is 7.98. The van der Waals surface area contributed by atoms with Crippen molar-refractivity contribution in [2.45, 2.75) is 24.5 Å². The van der Waals surface area contributed by atoms with Crippen molar-refractivity contribution in [3.63, 3.8) is 0 Å². The van der Waals surface area contributed by atoms with Crippen LogP contribution in [0.15, 0.2) is 53.9 Å². The number of halogens is 2. The lowest BCUT2D eigenvalue weighted by Crippen LogP contribution is -2.22. The van der Waals surface area contributed by atoms with E-state index in [4.69, 9.17) is 0 Å². The van der Waals surface area contributed by atoms with Gasteiger partial charge < -0.3 is 0 Å². The van der Waals surface area contributed by atoms with E-state index in [0.29, 0.717) is 0 Å². The van der Waals surface area contributed by atoms with Gasteiger partial charge in [-0.3, -0.25) is 0 Å². The number of allylic oxidation sites excluding steroid dienone is 1. The molecule has 0 radical (unpaired) electrons. The standard InChI is InChI=1S/C18H16FIS/c1-13-3-8-17(20)11-14(13)12-18(9-2-10-21-18)15-4-6-16(19)7-5-15/h2-8,10-11H,9,12H2,1H3. The fraction of sp³-hybridized carbons (Fsp3) is 0.222. The molecule has 108 valence electrons. The summed E-state index contributed by atoms with van der Waals surface area (Å²) >= 11 is 4.21. The maximum absolute atomic E-state index is 13.2. The molecule has 1 aliphatic rings. The second kappa shape index (κ2) is 6.13. The molecule has 1 aliphatic heterocycles. The first-order valence-electron chi connectivity index (χ1n) is 6.93. The van der Waals surface area contributed by atoms with Gasteiger partial charge >= 0.3 is 0 Å². The summed E-state index contributed by atoms with van der Waals surface area (Å²) in [6, 6.07) is 13.6. The number of aryl methyl sites for hydroxylation is 1. The van der Waals surface area contributed by atoms with Crippen molar-refractivity contribution >= 4 is 34.4 Å². The first-order valence-corrected chi connectivity index (χ1v) is 8.89. The highest BCUT2D eigenvalue weighted by Crippen LogP contribution is 2.48. The molecule has 0 bridgehead atoms. The third-order valence-electron chi connectivity index (χ3n) is 3.99. The SMILES string of the molecule is Cc1ccc(I)cc1CC1(c2ccc(F)cc2)CC=CS1. The molecular formula is C18H16FIS. The maximum Gasteiger partial charge on any atom is 0.123 e. The van der Waals surface area contributed by atoms with E-state index in [1.54, 1.807) is 12.1 Å². The van der Waals surface area contributed by atoms with Gasteiger partial charge in [0.05, 0.1) is 4.75 Å². The highest BCUT2D eigenvalue weighted by molar-refractivity contribution is 14.1. The third-order valence-corrected chi connectivity index (χ3v) is 5.99. The zero-order valence-corrected chi connectivity index (χ0v) is 14.7. The molecular weight excluding hydrogens is 394 g/mol. The van der Waals surface area contributed by atoms with Gasteiger partial charge in [0.15, 0.2) is 0 Å². The van der Waals surface area contributed by atoms with Crippen molar-refractivity contribution in [3.05, 3.63) is 80.0 Å². The Morgan fingerprint density at radius 1 is 1.19 bits per heavy atom. The Bertz CT molecular complexity index is 668. The van der Waals surface area contributed by atoms with Crippen LogP contribution in [-0.4, -0.2) is 0 Å². The molecule has 3 rings (SSSR count). The van der Waals surface area contributed by atoms with Gasteiger partial charge in [-0.2, -0.15) is 0 Å². The average molecular weight is 410 g/mol. The smallest absolute Gasteiger partial charge is 0.123 e. The summed E-state index contributed by atoms with van der Waals surface area (Å²) in [6.07, 6.45) is 4.18. The molecule has 2 aromatic carbocycles. The first-order chi connectivity index (χ1) is 10.1. The van der Waals surface area contributed by atoms with Crippen molar-refractivity contribution in [1.29, 1.82) is 0 Å². The van der Waals surface area contributed by atoms with Crippen molar-refractivity contribution in [2.24, 2.45) is 0 Å². The Labute approximate surface area is 143 Å². The molecule has 0 N–H and O–H groups in total. The number of hydrogen-bond acceptors (Lipinski definition) is 1. The molecule has 0 saturated heterocycles. The van der Waals surface area contributed by atoms with Crippen molar-refractivity contribution in [3.8, 4) is 0 Å². The molecule has 0 nitrogen and oxygen atoms in total. The van der Waals surface area contributed by atoms with Gasteiger partial charge in [-0.25, -0.2) is 4.39 Å². The number of rotatable bonds is 3. The largest absolute Gasteiger partial charge is 0.207 e. The Morgan fingerprint density at radius 2 is 1.95 bits per heavy atom. The minimum absolute atomic E-state index is 0.00287. The van der Waals surface area contributed by atoms with E-state index in [-0.39, 0.29) is 10.6 Å². The fourth-order valence-corrected chi connectivity index (χ4v) is 4.47. The van der Waals surface area contributed by atoms with E-state index < -0.39 is 0 Å². The minimum atomic E-state index is -0.171. The summed E-state index contributed by atoms with van der Waals surface area (Å²) in [5.41, 5.74) is 3.91. The van der Waals surface area contributed by atoms with Crippen LogP contribution in [0.25, 0.3) is 0 Å². The molecule has 2 aromatic rings. The van der Waals surface area contributed by atoms with Crippen molar-refractivity contribution in [1.82, 2.24) is 0 Å². The van der Waals surface area contributed by atoms with Crippen LogP contribution in [0.4, 0.5) is 4.39 Å². The summed E-state index contributed by atoms with van der Waals surface area (Å²) < 4.78 is 14.5. The lowest BCUT2D eigenvalue weighted by atomic mass is 9.87. The summed E-state index contributed by atoms with van der Waals surface area (Å²) in [5.74, 6) is -0.171. The summed E-state index contributed by atoms with van der Waals surface area (Å²) in [6.45, 7) is 2.16. The lowest BCUT2D eigenvalue weighted by Gasteiger charge is -2.29. The molecule has 3 heteroatoms. The number of hydrogen-bond donors (Lipinski definition) is 0. The van der Waals surface area contributed by atoms with Crippen LogP contribution in [0.1, 0.15) is 23.1 Å². The quantitative estimate of drug-likeness (QED) is 0.574. The number of benzene rings is 2. The average Bonchev–Trinajstić information content (AvgIpc) is 2.93. The lowest BCUT2D eigenvalue weighted by molar-refractivity contribution is 0.613. The second-order valence-electron chi connectivity index (χ2n) is 5.44. The maximum atomic E-state index is 13.2. The van der Waals surface area contributed by atoms with Crippen LogP contribution < -0.4 is 0 Å². The molecule has 0 fully saturated rings. The van der Waals surface area contributed by atoms with Gasteiger partial charge in [0.1, 0.15) is 5.82 Å². The molecule has 1 unspecified atom stereocenters. The van der Waals surface area contributed by atoms with Gasteiger partial charge in [0, 0.05) is 3.57 Å². The zero-order valence-electron chi connectivity index (χ0n) is 11.8. The molecule has 0 spiro atoms. The molecule has 0 amide bonds. The predicted octanol–water partition coefficient (Wildman–Crippen LogP) is 5.83. The summed E-state index contributed by atoms with van der Waals surface area (Å²) in [7, 11) is 0. The molecule has 0 aromatic heterocycles. The van der Waals surface area contributed by atoms with Gasteiger partial charge in [-0.15, -0.1) is 11.8 Å². The highest BCUT2D eigenvalue weighted by Gasteiger charge is 2.34.